The van der Waals surface area contributed by atoms with E-state index in [0.717, 1.165) is 0 Å². The topological polar surface area (TPSA) is 32.3 Å². The van der Waals surface area contributed by atoms with Crippen LogP contribution >= 0.6 is 32.0 Å². The Balaban J connectivity index is 4.74. The fraction of sp³-hybridized carbons (Fsp3) is 1.00. The summed E-state index contributed by atoms with van der Waals surface area (Å²) < 4.78 is 36.9. The molecule has 0 aliphatic heterocycles. The molecule has 2 atom stereocenters. The molecule has 0 aromatic heterocycles. The van der Waals surface area contributed by atoms with E-state index in [1.165, 1.54) is 0 Å². The van der Waals surface area contributed by atoms with Gasteiger partial charge in [-0.1, -0.05) is 45.8 Å². The van der Waals surface area contributed by atoms with Crippen LogP contribution in [0.4, 0.5) is 13.2 Å². The second-order valence-corrected chi connectivity index (χ2v) is 7.13. The molecule has 0 saturated heterocycles. The first kappa shape index (κ1) is 14.9. The van der Waals surface area contributed by atoms with Gasteiger partial charge >= 0.3 is 6.18 Å². The fourth-order valence-electron chi connectivity index (χ4n) is 1.13. The number of hydrogen-bond acceptors (Lipinski definition) is 2. The van der Waals surface area contributed by atoms with Crippen LogP contribution < -0.4 is 5.09 Å². The van der Waals surface area contributed by atoms with Crippen LogP contribution in [0, 0.1) is 0 Å². The summed E-state index contributed by atoms with van der Waals surface area (Å²) in [5, 5.41) is 11.8. The van der Waals surface area contributed by atoms with Gasteiger partial charge in [0.05, 0.1) is 0 Å². The minimum atomic E-state index is -4.61. The summed E-state index contributed by atoms with van der Waals surface area (Å²) in [6, 6.07) is 0. The van der Waals surface area contributed by atoms with Crippen molar-refractivity contribution in [3.8, 4) is 0 Å². The van der Waals surface area contributed by atoms with E-state index >= 15 is 0 Å². The Kier molecular flexibility index (Phi) is 5.10. The molecular formula is C7H14F3INOP. The number of hydrogen-bond donors (Lipinski definition) is 2. The molecule has 7 heteroatoms. The van der Waals surface area contributed by atoms with E-state index in [9.17, 15) is 18.3 Å². The van der Waals surface area contributed by atoms with E-state index in [-0.39, 0.29) is 6.42 Å². The van der Waals surface area contributed by atoms with E-state index in [4.69, 9.17) is 0 Å². The van der Waals surface area contributed by atoms with Crippen LogP contribution in [-0.4, -0.2) is 26.9 Å². The highest BCUT2D eigenvalue weighted by Gasteiger charge is 2.54. The molecule has 86 valence electrons. The third-order valence-electron chi connectivity index (χ3n) is 1.63. The maximum absolute atomic E-state index is 12.5. The zero-order valence-corrected chi connectivity index (χ0v) is 11.3. The van der Waals surface area contributed by atoms with Crippen LogP contribution in [0.3, 0.4) is 0 Å². The van der Waals surface area contributed by atoms with Gasteiger partial charge in [-0.15, -0.1) is 0 Å². The van der Waals surface area contributed by atoms with Gasteiger partial charge in [0.25, 0.3) is 0 Å². The Morgan fingerprint density at radius 1 is 1.36 bits per heavy atom. The van der Waals surface area contributed by atoms with Crippen molar-refractivity contribution < 1.29 is 18.3 Å². The van der Waals surface area contributed by atoms with Crippen molar-refractivity contribution in [1.29, 1.82) is 0 Å². The molecule has 0 aliphatic rings. The lowest BCUT2D eigenvalue weighted by atomic mass is 9.92. The maximum atomic E-state index is 12.5. The first-order chi connectivity index (χ1) is 6.02. The Bertz CT molecular complexity index is 194. The monoisotopic (exact) mass is 343 g/mol. The van der Waals surface area contributed by atoms with E-state index in [1.54, 1.807) is 13.8 Å². The van der Waals surface area contributed by atoms with Gasteiger partial charge < -0.3 is 5.11 Å². The Labute approximate surface area is 97.4 Å². The predicted octanol–water partition coefficient (Wildman–Crippen LogP) is 2.26. The molecule has 0 bridgehead atoms. The molecule has 2 nitrogen and oxygen atoms in total. The van der Waals surface area contributed by atoms with Gasteiger partial charge in [-0.25, -0.2) is 0 Å². The van der Waals surface area contributed by atoms with Crippen LogP contribution in [0.1, 0.15) is 20.3 Å². The number of halogens is 4. The number of alkyl halides is 4. The lowest BCUT2D eigenvalue weighted by Gasteiger charge is -2.34. The summed E-state index contributed by atoms with van der Waals surface area (Å²) in [6.45, 7) is 2.77. The largest absolute Gasteiger partial charge is 0.418 e. The smallest absolute Gasteiger partial charge is 0.379 e. The molecule has 0 amide bonds. The van der Waals surface area contributed by atoms with Gasteiger partial charge in [0.15, 0.2) is 5.60 Å². The second-order valence-electron chi connectivity index (χ2n) is 3.81. The maximum Gasteiger partial charge on any atom is 0.418 e. The van der Waals surface area contributed by atoms with Crippen LogP contribution in [0.5, 0.6) is 0 Å². The third kappa shape index (κ3) is 4.59. The van der Waals surface area contributed by atoms with E-state index in [0.29, 0.717) is 0 Å². The highest BCUT2D eigenvalue weighted by Crippen LogP contribution is 2.39. The summed E-state index contributed by atoms with van der Waals surface area (Å²) >= 11 is 1.89. The van der Waals surface area contributed by atoms with Gasteiger partial charge in [-0.2, -0.15) is 13.2 Å². The zero-order chi connectivity index (χ0) is 11.6. The SMILES string of the molecule is CC(C)(I)CC(O)(CNP)C(F)(F)F. The molecule has 0 aromatic carbocycles. The summed E-state index contributed by atoms with van der Waals surface area (Å²) in [4.78, 5) is 0. The molecular weight excluding hydrogens is 329 g/mol. The van der Waals surface area contributed by atoms with Crippen molar-refractivity contribution in [1.82, 2.24) is 5.09 Å². The van der Waals surface area contributed by atoms with Gasteiger partial charge in [-0.05, 0) is 0 Å². The Morgan fingerprint density at radius 2 is 1.79 bits per heavy atom. The first-order valence-corrected chi connectivity index (χ1v) is 5.59. The van der Waals surface area contributed by atoms with Crippen molar-refractivity contribution in [2.24, 2.45) is 0 Å². The highest BCUT2D eigenvalue weighted by atomic mass is 127. The third-order valence-corrected chi connectivity index (χ3v) is 2.22. The van der Waals surface area contributed by atoms with Gasteiger partial charge in [0.1, 0.15) is 0 Å². The van der Waals surface area contributed by atoms with Gasteiger partial charge in [0, 0.05) is 16.4 Å². The van der Waals surface area contributed by atoms with E-state index in [2.05, 4.69) is 5.09 Å². The van der Waals surface area contributed by atoms with E-state index in [1.807, 2.05) is 32.0 Å². The average molecular weight is 343 g/mol. The minimum absolute atomic E-state index is 0.342. The van der Waals surface area contributed by atoms with Crippen LogP contribution in [0.25, 0.3) is 0 Å². The van der Waals surface area contributed by atoms with Crippen LogP contribution in [-0.2, 0) is 0 Å². The molecule has 14 heavy (non-hydrogen) atoms. The average Bonchev–Trinajstić information content (AvgIpc) is 1.79. The second kappa shape index (κ2) is 4.80. The highest BCUT2D eigenvalue weighted by molar-refractivity contribution is 14.1. The summed E-state index contributed by atoms with van der Waals surface area (Å²) in [6.07, 6.45) is -4.95. The summed E-state index contributed by atoms with van der Waals surface area (Å²) in [5.41, 5.74) is -2.67. The molecule has 2 unspecified atom stereocenters. The minimum Gasteiger partial charge on any atom is -0.379 e. The Hall–Kier alpha value is 0.870. The molecule has 0 heterocycles. The molecule has 0 aliphatic carbocycles. The van der Waals surface area contributed by atoms with Crippen molar-refractivity contribution in [3.63, 3.8) is 0 Å². The zero-order valence-electron chi connectivity index (χ0n) is 7.95. The number of rotatable bonds is 4. The lowest BCUT2D eigenvalue weighted by molar-refractivity contribution is -0.260. The van der Waals surface area contributed by atoms with Crippen molar-refractivity contribution in [2.45, 2.75) is 35.5 Å². The standard InChI is InChI=1S/C7H14F3INOP/c1-5(2,11)3-6(13,4-12-14)7(8,9)10/h12-13H,3-4,14H2,1-2H3. The lowest BCUT2D eigenvalue weighted by Crippen LogP contribution is -2.53. The van der Waals surface area contributed by atoms with Crippen LogP contribution in [0.15, 0.2) is 0 Å². The predicted molar refractivity (Wildman–Crippen MR) is 61.4 cm³/mol. The Morgan fingerprint density at radius 3 is 2.00 bits per heavy atom. The summed E-state index contributed by atoms with van der Waals surface area (Å²) in [5.74, 6) is 0. The first-order valence-electron chi connectivity index (χ1n) is 3.93. The number of aliphatic hydroxyl groups is 1. The van der Waals surface area contributed by atoms with E-state index < -0.39 is 21.7 Å². The van der Waals surface area contributed by atoms with Crippen molar-refractivity contribution in [2.75, 3.05) is 6.54 Å². The summed E-state index contributed by atoms with van der Waals surface area (Å²) in [7, 11) is 1.96. The van der Waals surface area contributed by atoms with Crippen molar-refractivity contribution in [3.05, 3.63) is 0 Å². The quantitative estimate of drug-likeness (QED) is 0.466. The molecule has 0 aromatic rings. The molecule has 0 radical (unpaired) electrons. The normalized spacial score (nSPS) is 18.0. The fourth-order valence-corrected chi connectivity index (χ4v) is 2.10. The van der Waals surface area contributed by atoms with Crippen molar-refractivity contribution >= 4 is 32.0 Å². The van der Waals surface area contributed by atoms with Gasteiger partial charge in [-0.3, -0.25) is 5.09 Å². The molecule has 0 spiro atoms. The molecule has 0 rings (SSSR count). The molecule has 0 saturated carbocycles. The van der Waals surface area contributed by atoms with Gasteiger partial charge in [0.2, 0.25) is 0 Å². The number of nitrogens with one attached hydrogen (secondary N) is 1. The molecule has 2 N–H and O–H groups in total. The molecule has 0 fully saturated rings. The van der Waals surface area contributed by atoms with Crippen LogP contribution in [0.2, 0.25) is 0 Å².